The largest absolute Gasteiger partial charge is 0.441 e. The van der Waals surface area contributed by atoms with Gasteiger partial charge in [0.1, 0.15) is 5.52 Å². The molecule has 3 aromatic rings. The molecule has 3 rings (SSSR count). The van der Waals surface area contributed by atoms with Gasteiger partial charge in [0.05, 0.1) is 12.5 Å². The van der Waals surface area contributed by atoms with Crippen LogP contribution in [-0.4, -0.2) is 10.1 Å². The average molecular weight is 293 g/mol. The van der Waals surface area contributed by atoms with E-state index in [2.05, 4.69) is 4.98 Å². The van der Waals surface area contributed by atoms with E-state index >= 15 is 0 Å². The van der Waals surface area contributed by atoms with Gasteiger partial charge in [0.2, 0.25) is 0 Å². The zero-order valence-electron chi connectivity index (χ0n) is 10.7. The number of halogens is 3. The van der Waals surface area contributed by atoms with E-state index in [1.54, 1.807) is 24.3 Å². The number of benzene rings is 2. The highest BCUT2D eigenvalue weighted by atomic mass is 19.2. The molecule has 0 saturated carbocycles. The van der Waals surface area contributed by atoms with E-state index in [0.717, 1.165) is 12.1 Å². The molecule has 0 amide bonds. The Kier molecular flexibility index (Phi) is 3.39. The summed E-state index contributed by atoms with van der Waals surface area (Å²) in [5, 5.41) is 9.97. The van der Waals surface area contributed by atoms with Gasteiger partial charge in [0.15, 0.2) is 28.9 Å². The first kappa shape index (κ1) is 13.6. The number of hydrogen-bond acceptors (Lipinski definition) is 3. The number of aliphatic hydroxyl groups is 1. The molecule has 0 saturated heterocycles. The third-order valence-corrected chi connectivity index (χ3v) is 3.13. The van der Waals surface area contributed by atoms with Gasteiger partial charge in [-0.25, -0.2) is 18.2 Å². The van der Waals surface area contributed by atoms with Gasteiger partial charge in [0, 0.05) is 5.56 Å². The van der Waals surface area contributed by atoms with Gasteiger partial charge in [-0.1, -0.05) is 18.2 Å². The van der Waals surface area contributed by atoms with Gasteiger partial charge < -0.3 is 9.52 Å². The monoisotopic (exact) mass is 293 g/mol. The Bertz CT molecular complexity index is 768. The van der Waals surface area contributed by atoms with E-state index in [9.17, 15) is 18.3 Å². The zero-order valence-corrected chi connectivity index (χ0v) is 10.7. The number of fused-ring (bicyclic) bond motifs is 1. The predicted octanol–water partition coefficient (Wildman–Crippen LogP) is 3.52. The van der Waals surface area contributed by atoms with Crippen molar-refractivity contribution in [1.82, 2.24) is 4.98 Å². The normalized spacial score (nSPS) is 12.8. The maximum absolute atomic E-state index is 13.6. The van der Waals surface area contributed by atoms with Crippen molar-refractivity contribution in [3.63, 3.8) is 0 Å². The molecule has 6 heteroatoms. The maximum atomic E-state index is 13.6. The van der Waals surface area contributed by atoms with Crippen LogP contribution in [0.15, 0.2) is 40.8 Å². The van der Waals surface area contributed by atoms with Crippen molar-refractivity contribution in [1.29, 1.82) is 0 Å². The lowest BCUT2D eigenvalue weighted by molar-refractivity contribution is 0.163. The molecule has 1 heterocycles. The third kappa shape index (κ3) is 2.50. The molecular formula is C15H10F3NO2. The van der Waals surface area contributed by atoms with Crippen LogP contribution >= 0.6 is 0 Å². The number of rotatable bonds is 3. The number of nitrogens with zero attached hydrogens (tertiary/aromatic N) is 1. The van der Waals surface area contributed by atoms with Gasteiger partial charge >= 0.3 is 0 Å². The molecule has 3 nitrogen and oxygen atoms in total. The van der Waals surface area contributed by atoms with E-state index in [1.807, 2.05) is 0 Å². The first-order chi connectivity index (χ1) is 10.1. The van der Waals surface area contributed by atoms with E-state index in [1.165, 1.54) is 0 Å². The fourth-order valence-corrected chi connectivity index (χ4v) is 2.08. The Morgan fingerprint density at radius 1 is 1.05 bits per heavy atom. The highest BCUT2D eigenvalue weighted by Crippen LogP contribution is 2.25. The van der Waals surface area contributed by atoms with E-state index in [0.29, 0.717) is 11.1 Å². The number of aromatic nitrogens is 1. The van der Waals surface area contributed by atoms with Crippen LogP contribution in [0.25, 0.3) is 11.1 Å². The van der Waals surface area contributed by atoms with Crippen LogP contribution in [0.5, 0.6) is 0 Å². The fourth-order valence-electron chi connectivity index (χ4n) is 2.08. The Balaban J connectivity index is 1.89. The van der Waals surface area contributed by atoms with Gasteiger partial charge in [0.25, 0.3) is 0 Å². The summed E-state index contributed by atoms with van der Waals surface area (Å²) in [6.07, 6.45) is -1.52. The summed E-state index contributed by atoms with van der Waals surface area (Å²) >= 11 is 0. The lowest BCUT2D eigenvalue weighted by Crippen LogP contribution is -2.07. The van der Waals surface area contributed by atoms with Gasteiger partial charge in [-0.05, 0) is 18.2 Å². The topological polar surface area (TPSA) is 46.3 Å². The molecule has 0 bridgehead atoms. The number of oxazole rings is 1. The second kappa shape index (κ2) is 5.21. The predicted molar refractivity (Wildman–Crippen MR) is 69.0 cm³/mol. The maximum Gasteiger partial charge on any atom is 0.198 e. The Hall–Kier alpha value is -2.34. The van der Waals surface area contributed by atoms with Crippen LogP contribution in [0.4, 0.5) is 13.2 Å². The molecule has 108 valence electrons. The third-order valence-electron chi connectivity index (χ3n) is 3.13. The van der Waals surface area contributed by atoms with Crippen molar-refractivity contribution < 1.29 is 22.7 Å². The number of para-hydroxylation sites is 2. The van der Waals surface area contributed by atoms with Gasteiger partial charge in [-0.2, -0.15) is 0 Å². The summed E-state index contributed by atoms with van der Waals surface area (Å²) in [6, 6.07) is 8.75. The smallest absolute Gasteiger partial charge is 0.198 e. The molecule has 0 aliphatic rings. The minimum Gasteiger partial charge on any atom is -0.441 e. The minimum absolute atomic E-state index is 0.142. The highest BCUT2D eigenvalue weighted by molar-refractivity contribution is 5.72. The zero-order chi connectivity index (χ0) is 15.0. The fraction of sp³-hybridized carbons (Fsp3) is 0.133. The average Bonchev–Trinajstić information content (AvgIpc) is 2.86. The molecule has 0 fully saturated rings. The molecule has 21 heavy (non-hydrogen) atoms. The molecule has 1 N–H and O–H groups in total. The lowest BCUT2D eigenvalue weighted by Gasteiger charge is -2.10. The summed E-state index contributed by atoms with van der Waals surface area (Å²) < 4.78 is 45.0. The second-order valence-corrected chi connectivity index (χ2v) is 4.56. The molecular weight excluding hydrogens is 283 g/mol. The van der Waals surface area contributed by atoms with Crippen LogP contribution in [0.1, 0.15) is 17.6 Å². The van der Waals surface area contributed by atoms with E-state index in [-0.39, 0.29) is 17.9 Å². The van der Waals surface area contributed by atoms with Crippen LogP contribution in [-0.2, 0) is 6.42 Å². The van der Waals surface area contributed by atoms with Crippen molar-refractivity contribution in [3.05, 3.63) is 65.3 Å². The highest BCUT2D eigenvalue weighted by Gasteiger charge is 2.21. The molecule has 0 aliphatic heterocycles. The quantitative estimate of drug-likeness (QED) is 0.752. The van der Waals surface area contributed by atoms with Crippen molar-refractivity contribution in [2.24, 2.45) is 0 Å². The Morgan fingerprint density at radius 2 is 1.81 bits per heavy atom. The summed E-state index contributed by atoms with van der Waals surface area (Å²) in [6.45, 7) is 0. The van der Waals surface area contributed by atoms with Crippen molar-refractivity contribution in [2.45, 2.75) is 12.5 Å². The van der Waals surface area contributed by atoms with Crippen LogP contribution in [0, 0.1) is 17.5 Å². The first-order valence-corrected chi connectivity index (χ1v) is 6.22. The molecule has 1 atom stereocenters. The number of hydrogen-bond donors (Lipinski definition) is 1. The molecule has 0 radical (unpaired) electrons. The van der Waals surface area contributed by atoms with Crippen molar-refractivity contribution >= 4 is 11.1 Å². The van der Waals surface area contributed by atoms with Crippen LogP contribution < -0.4 is 0 Å². The Morgan fingerprint density at radius 3 is 2.57 bits per heavy atom. The number of aliphatic hydroxyl groups excluding tert-OH is 1. The summed E-state index contributed by atoms with van der Waals surface area (Å²) in [7, 11) is 0. The van der Waals surface area contributed by atoms with Crippen molar-refractivity contribution in [3.8, 4) is 0 Å². The first-order valence-electron chi connectivity index (χ1n) is 6.22. The molecule has 1 aromatic heterocycles. The molecule has 0 spiro atoms. The second-order valence-electron chi connectivity index (χ2n) is 4.56. The molecule has 0 aliphatic carbocycles. The summed E-state index contributed by atoms with van der Waals surface area (Å²) in [5.74, 6) is -4.12. The molecule has 2 aromatic carbocycles. The SMILES string of the molecule is OC(Cc1nc2ccccc2o1)c1ccc(F)c(F)c1F. The standard InChI is InChI=1S/C15H10F3NO2/c16-9-6-5-8(14(17)15(9)18)11(20)7-13-19-10-3-1-2-4-12(10)21-13/h1-6,11,20H,7H2. The van der Waals surface area contributed by atoms with Gasteiger partial charge in [-0.3, -0.25) is 0 Å². The van der Waals surface area contributed by atoms with E-state index < -0.39 is 23.6 Å². The summed E-state index contributed by atoms with van der Waals surface area (Å²) in [5.41, 5.74) is 0.798. The molecule has 1 unspecified atom stereocenters. The van der Waals surface area contributed by atoms with Crippen molar-refractivity contribution in [2.75, 3.05) is 0 Å². The Labute approximate surface area is 117 Å². The van der Waals surface area contributed by atoms with Crippen LogP contribution in [0.3, 0.4) is 0 Å². The van der Waals surface area contributed by atoms with E-state index in [4.69, 9.17) is 4.42 Å². The van der Waals surface area contributed by atoms with Gasteiger partial charge in [-0.15, -0.1) is 0 Å². The minimum atomic E-state index is -1.61. The van der Waals surface area contributed by atoms with Crippen LogP contribution in [0.2, 0.25) is 0 Å². The lowest BCUT2D eigenvalue weighted by atomic mass is 10.1. The summed E-state index contributed by atoms with van der Waals surface area (Å²) in [4.78, 5) is 4.13.